The van der Waals surface area contributed by atoms with Gasteiger partial charge in [0.25, 0.3) is 5.91 Å². The average Bonchev–Trinajstić information content (AvgIpc) is 2.86. The van der Waals surface area contributed by atoms with E-state index in [0.717, 1.165) is 19.3 Å². The summed E-state index contributed by atoms with van der Waals surface area (Å²) in [6, 6.07) is 4.75. The van der Waals surface area contributed by atoms with Crippen LogP contribution in [0.2, 0.25) is 5.02 Å². The Morgan fingerprint density at radius 2 is 2.10 bits per heavy atom. The highest BCUT2D eigenvalue weighted by atomic mass is 35.5. The average molecular weight is 296 g/mol. The number of hydrogen-bond donors (Lipinski definition) is 3. The maximum absolute atomic E-state index is 12.1. The molecule has 0 heterocycles. The first-order chi connectivity index (χ1) is 9.52. The summed E-state index contributed by atoms with van der Waals surface area (Å²) in [5.41, 5.74) is 6.80. The summed E-state index contributed by atoms with van der Waals surface area (Å²) < 4.78 is 0. The van der Waals surface area contributed by atoms with Gasteiger partial charge in [-0.3, -0.25) is 9.59 Å². The second-order valence-corrected chi connectivity index (χ2v) is 5.37. The summed E-state index contributed by atoms with van der Waals surface area (Å²) in [6.07, 6.45) is 2.66. The van der Waals surface area contributed by atoms with Crippen LogP contribution in [0.1, 0.15) is 29.6 Å². The SMILES string of the molecule is CNC(=O)c1cc(NC(=O)C2CCCC2N)ccc1Cl. The van der Waals surface area contributed by atoms with Gasteiger partial charge in [0.2, 0.25) is 5.91 Å². The first-order valence-electron chi connectivity index (χ1n) is 6.61. The molecule has 1 aromatic carbocycles. The fourth-order valence-corrected chi connectivity index (χ4v) is 2.66. The maximum atomic E-state index is 12.1. The molecular weight excluding hydrogens is 278 g/mol. The van der Waals surface area contributed by atoms with Crippen LogP contribution in [0.25, 0.3) is 0 Å². The van der Waals surface area contributed by atoms with Gasteiger partial charge in [-0.15, -0.1) is 0 Å². The molecule has 0 aliphatic heterocycles. The predicted octanol–water partition coefficient (Wildman–Crippen LogP) is 1.77. The van der Waals surface area contributed by atoms with Gasteiger partial charge in [-0.1, -0.05) is 18.0 Å². The van der Waals surface area contributed by atoms with Crippen LogP contribution >= 0.6 is 11.6 Å². The van der Waals surface area contributed by atoms with Crippen molar-refractivity contribution in [1.29, 1.82) is 0 Å². The van der Waals surface area contributed by atoms with Crippen molar-refractivity contribution in [2.75, 3.05) is 12.4 Å². The molecule has 1 saturated carbocycles. The van der Waals surface area contributed by atoms with E-state index in [1.54, 1.807) is 18.2 Å². The second kappa shape index (κ2) is 6.24. The Bertz CT molecular complexity index is 533. The lowest BCUT2D eigenvalue weighted by Crippen LogP contribution is -2.34. The van der Waals surface area contributed by atoms with Gasteiger partial charge in [0.05, 0.1) is 16.5 Å². The van der Waals surface area contributed by atoms with Gasteiger partial charge in [-0.2, -0.15) is 0 Å². The van der Waals surface area contributed by atoms with Crippen LogP contribution in [0.15, 0.2) is 18.2 Å². The third-order valence-corrected chi connectivity index (χ3v) is 3.94. The number of nitrogens with one attached hydrogen (secondary N) is 2. The topological polar surface area (TPSA) is 84.2 Å². The normalized spacial score (nSPS) is 21.6. The van der Waals surface area contributed by atoms with Crippen molar-refractivity contribution >= 4 is 29.1 Å². The molecule has 108 valence electrons. The Kier molecular flexibility index (Phi) is 4.62. The molecular formula is C14H18ClN3O2. The highest BCUT2D eigenvalue weighted by Crippen LogP contribution is 2.26. The summed E-state index contributed by atoms with van der Waals surface area (Å²) in [4.78, 5) is 23.8. The molecule has 2 atom stereocenters. The number of halogens is 1. The maximum Gasteiger partial charge on any atom is 0.252 e. The molecule has 20 heavy (non-hydrogen) atoms. The van der Waals surface area contributed by atoms with Crippen molar-refractivity contribution in [3.8, 4) is 0 Å². The number of carbonyl (C=O) groups is 2. The third-order valence-electron chi connectivity index (χ3n) is 3.61. The Hall–Kier alpha value is -1.59. The van der Waals surface area contributed by atoms with E-state index in [1.165, 1.54) is 7.05 Å². The number of amides is 2. The smallest absolute Gasteiger partial charge is 0.252 e. The van der Waals surface area contributed by atoms with E-state index >= 15 is 0 Å². The number of carbonyl (C=O) groups excluding carboxylic acids is 2. The van der Waals surface area contributed by atoms with Crippen molar-refractivity contribution < 1.29 is 9.59 Å². The summed E-state index contributed by atoms with van der Waals surface area (Å²) in [7, 11) is 1.53. The van der Waals surface area contributed by atoms with Crippen molar-refractivity contribution in [2.45, 2.75) is 25.3 Å². The van der Waals surface area contributed by atoms with E-state index in [4.69, 9.17) is 17.3 Å². The van der Waals surface area contributed by atoms with Crippen LogP contribution in [0.4, 0.5) is 5.69 Å². The molecule has 6 heteroatoms. The van der Waals surface area contributed by atoms with Gasteiger partial charge in [0.1, 0.15) is 0 Å². The largest absolute Gasteiger partial charge is 0.355 e. The molecule has 0 bridgehead atoms. The van der Waals surface area contributed by atoms with Gasteiger partial charge in [0.15, 0.2) is 0 Å². The zero-order chi connectivity index (χ0) is 14.7. The highest BCUT2D eigenvalue weighted by Gasteiger charge is 2.30. The molecule has 1 aliphatic carbocycles. The van der Waals surface area contributed by atoms with Crippen LogP contribution in [-0.4, -0.2) is 24.9 Å². The van der Waals surface area contributed by atoms with E-state index in [9.17, 15) is 9.59 Å². The van der Waals surface area contributed by atoms with Crippen LogP contribution in [-0.2, 0) is 4.79 Å². The summed E-state index contributed by atoms with van der Waals surface area (Å²) in [6.45, 7) is 0. The standard InChI is InChI=1S/C14H18ClN3O2/c1-17-13(19)10-7-8(5-6-11(10)15)18-14(20)9-3-2-4-12(9)16/h5-7,9,12H,2-4,16H2,1H3,(H,17,19)(H,18,20). The summed E-state index contributed by atoms with van der Waals surface area (Å²) >= 11 is 5.96. The fraction of sp³-hybridized carbons (Fsp3) is 0.429. The van der Waals surface area contributed by atoms with E-state index in [-0.39, 0.29) is 23.8 Å². The second-order valence-electron chi connectivity index (χ2n) is 4.96. The molecule has 5 nitrogen and oxygen atoms in total. The van der Waals surface area contributed by atoms with Gasteiger partial charge in [-0.05, 0) is 31.0 Å². The zero-order valence-corrected chi connectivity index (χ0v) is 12.0. The number of rotatable bonds is 3. The zero-order valence-electron chi connectivity index (χ0n) is 11.3. The minimum Gasteiger partial charge on any atom is -0.355 e. The lowest BCUT2D eigenvalue weighted by atomic mass is 10.0. The van der Waals surface area contributed by atoms with E-state index in [2.05, 4.69) is 10.6 Å². The van der Waals surface area contributed by atoms with Crippen molar-refractivity contribution in [2.24, 2.45) is 11.7 Å². The molecule has 0 saturated heterocycles. The molecule has 0 aromatic heterocycles. The van der Waals surface area contributed by atoms with E-state index in [1.807, 2.05) is 0 Å². The van der Waals surface area contributed by atoms with Gasteiger partial charge >= 0.3 is 0 Å². The predicted molar refractivity (Wildman–Crippen MR) is 78.8 cm³/mol. The highest BCUT2D eigenvalue weighted by molar-refractivity contribution is 6.34. The molecule has 1 fully saturated rings. The van der Waals surface area contributed by atoms with Crippen molar-refractivity contribution in [3.05, 3.63) is 28.8 Å². The lowest BCUT2D eigenvalue weighted by Gasteiger charge is -2.15. The molecule has 1 aromatic rings. The Balaban J connectivity index is 2.13. The summed E-state index contributed by atoms with van der Waals surface area (Å²) in [5, 5.41) is 5.66. The van der Waals surface area contributed by atoms with Crippen LogP contribution in [0.5, 0.6) is 0 Å². The van der Waals surface area contributed by atoms with Crippen LogP contribution in [0.3, 0.4) is 0 Å². The lowest BCUT2D eigenvalue weighted by molar-refractivity contribution is -0.120. The number of benzene rings is 1. The minimum absolute atomic E-state index is 0.0827. The number of hydrogen-bond acceptors (Lipinski definition) is 3. The molecule has 0 spiro atoms. The Labute approximate surface area is 122 Å². The quantitative estimate of drug-likeness (QED) is 0.794. The first-order valence-corrected chi connectivity index (χ1v) is 6.99. The molecule has 0 radical (unpaired) electrons. The van der Waals surface area contributed by atoms with Gasteiger partial charge in [-0.25, -0.2) is 0 Å². The fourth-order valence-electron chi connectivity index (χ4n) is 2.46. The Morgan fingerprint density at radius 1 is 1.35 bits per heavy atom. The molecule has 2 unspecified atom stereocenters. The first kappa shape index (κ1) is 14.8. The van der Waals surface area contributed by atoms with Crippen molar-refractivity contribution in [3.63, 3.8) is 0 Å². The monoisotopic (exact) mass is 295 g/mol. The number of anilines is 1. The molecule has 1 aliphatic rings. The van der Waals surface area contributed by atoms with Crippen LogP contribution in [0, 0.1) is 5.92 Å². The Morgan fingerprint density at radius 3 is 2.70 bits per heavy atom. The van der Waals surface area contributed by atoms with Crippen molar-refractivity contribution in [1.82, 2.24) is 5.32 Å². The minimum atomic E-state index is -0.288. The van der Waals surface area contributed by atoms with Gasteiger partial charge < -0.3 is 16.4 Å². The third kappa shape index (κ3) is 3.11. The van der Waals surface area contributed by atoms with E-state index < -0.39 is 0 Å². The molecule has 4 N–H and O–H groups in total. The van der Waals surface area contributed by atoms with E-state index in [0.29, 0.717) is 16.3 Å². The van der Waals surface area contributed by atoms with Crippen LogP contribution < -0.4 is 16.4 Å². The molecule has 2 amide bonds. The molecule has 2 rings (SSSR count). The van der Waals surface area contributed by atoms with Gasteiger partial charge in [0, 0.05) is 18.8 Å². The summed E-state index contributed by atoms with van der Waals surface area (Å²) in [5.74, 6) is -0.544. The number of nitrogens with two attached hydrogens (primary N) is 1.